The molecule has 0 radical (unpaired) electrons. The fraction of sp³-hybridized carbons (Fsp3) is 0.529. The van der Waals surface area contributed by atoms with Crippen LogP contribution in [0.3, 0.4) is 0 Å². The van der Waals surface area contributed by atoms with Gasteiger partial charge in [-0.05, 0) is 36.8 Å². The van der Waals surface area contributed by atoms with Gasteiger partial charge in [0.25, 0.3) is 0 Å². The zero-order valence-electron chi connectivity index (χ0n) is 12.7. The molecular formula is C17H23NO3. The number of phenols is 2. The van der Waals surface area contributed by atoms with Crippen LogP contribution in [0.4, 0.5) is 0 Å². The Morgan fingerprint density at radius 1 is 1.38 bits per heavy atom. The van der Waals surface area contributed by atoms with Gasteiger partial charge in [0.05, 0.1) is 0 Å². The minimum atomic E-state index is 0.0373. The van der Waals surface area contributed by atoms with Crippen molar-refractivity contribution in [2.75, 3.05) is 6.54 Å². The SMILES string of the molecule is CC(C)CCC(=O)CC1CN=C(c2ccc(O)cc2O)C1. The van der Waals surface area contributed by atoms with Crippen LogP contribution in [0.15, 0.2) is 23.2 Å². The molecule has 1 aliphatic rings. The lowest BCUT2D eigenvalue weighted by Gasteiger charge is -2.09. The molecule has 21 heavy (non-hydrogen) atoms. The largest absolute Gasteiger partial charge is 0.508 e. The smallest absolute Gasteiger partial charge is 0.133 e. The van der Waals surface area contributed by atoms with Gasteiger partial charge in [-0.25, -0.2) is 0 Å². The second-order valence-corrected chi connectivity index (χ2v) is 6.23. The first-order valence-electron chi connectivity index (χ1n) is 7.53. The van der Waals surface area contributed by atoms with E-state index in [1.807, 2.05) is 0 Å². The number of rotatable bonds is 6. The van der Waals surface area contributed by atoms with Crippen LogP contribution in [-0.4, -0.2) is 28.3 Å². The van der Waals surface area contributed by atoms with E-state index in [4.69, 9.17) is 0 Å². The van der Waals surface area contributed by atoms with E-state index in [0.29, 0.717) is 43.1 Å². The monoisotopic (exact) mass is 289 g/mol. The van der Waals surface area contributed by atoms with Gasteiger partial charge in [0.2, 0.25) is 0 Å². The predicted octanol–water partition coefficient (Wildman–Crippen LogP) is 3.30. The molecule has 1 aliphatic heterocycles. The van der Waals surface area contributed by atoms with Gasteiger partial charge in [0.1, 0.15) is 17.3 Å². The summed E-state index contributed by atoms with van der Waals surface area (Å²) in [6, 6.07) is 4.53. The summed E-state index contributed by atoms with van der Waals surface area (Å²) < 4.78 is 0. The number of aliphatic imine (C=N–C) groups is 1. The molecule has 0 spiro atoms. The van der Waals surface area contributed by atoms with Crippen molar-refractivity contribution in [3.05, 3.63) is 23.8 Å². The Bertz CT molecular complexity index is 549. The highest BCUT2D eigenvalue weighted by Gasteiger charge is 2.23. The number of ketones is 1. The van der Waals surface area contributed by atoms with Gasteiger partial charge < -0.3 is 10.2 Å². The second kappa shape index (κ2) is 6.74. The molecule has 1 aromatic carbocycles. The maximum Gasteiger partial charge on any atom is 0.133 e. The van der Waals surface area contributed by atoms with Crippen LogP contribution in [0.2, 0.25) is 0 Å². The highest BCUT2D eigenvalue weighted by molar-refractivity contribution is 6.04. The molecule has 1 heterocycles. The summed E-state index contributed by atoms with van der Waals surface area (Å²) in [6.45, 7) is 4.89. The summed E-state index contributed by atoms with van der Waals surface area (Å²) in [7, 11) is 0. The van der Waals surface area contributed by atoms with Crippen molar-refractivity contribution in [2.24, 2.45) is 16.8 Å². The van der Waals surface area contributed by atoms with Crippen LogP contribution in [0.5, 0.6) is 11.5 Å². The van der Waals surface area contributed by atoms with Crippen molar-refractivity contribution < 1.29 is 15.0 Å². The average molecular weight is 289 g/mol. The maximum atomic E-state index is 11.9. The third-order valence-electron chi connectivity index (χ3n) is 3.83. The van der Waals surface area contributed by atoms with Crippen molar-refractivity contribution in [3.63, 3.8) is 0 Å². The normalized spacial score (nSPS) is 18.0. The van der Waals surface area contributed by atoms with E-state index in [-0.39, 0.29) is 17.4 Å². The van der Waals surface area contributed by atoms with Crippen LogP contribution in [0.1, 0.15) is 45.1 Å². The quantitative estimate of drug-likeness (QED) is 0.844. The standard InChI is InChI=1S/C17H23NO3/c1-11(2)3-4-13(19)7-12-8-16(18-10-12)15-6-5-14(20)9-17(15)21/h5-6,9,11-12,20-21H,3-4,7-8,10H2,1-2H3. The summed E-state index contributed by atoms with van der Waals surface area (Å²) >= 11 is 0. The lowest BCUT2D eigenvalue weighted by Crippen LogP contribution is -2.11. The van der Waals surface area contributed by atoms with E-state index < -0.39 is 0 Å². The fourth-order valence-corrected chi connectivity index (χ4v) is 2.61. The molecule has 4 nitrogen and oxygen atoms in total. The maximum absolute atomic E-state index is 11.9. The molecular weight excluding hydrogens is 266 g/mol. The predicted molar refractivity (Wildman–Crippen MR) is 83.0 cm³/mol. The summed E-state index contributed by atoms with van der Waals surface area (Å²) in [6.07, 6.45) is 2.87. The van der Waals surface area contributed by atoms with Crippen molar-refractivity contribution in [3.8, 4) is 11.5 Å². The number of Topliss-reactive ketones (excluding diaryl/α,β-unsaturated/α-hetero) is 1. The molecule has 2 rings (SSSR count). The van der Waals surface area contributed by atoms with Crippen LogP contribution < -0.4 is 0 Å². The zero-order chi connectivity index (χ0) is 15.4. The van der Waals surface area contributed by atoms with Crippen LogP contribution >= 0.6 is 0 Å². The lowest BCUT2D eigenvalue weighted by atomic mass is 9.93. The molecule has 1 aromatic rings. The number of carbonyl (C=O) groups excluding carboxylic acids is 1. The van der Waals surface area contributed by atoms with Crippen molar-refractivity contribution in [1.82, 2.24) is 0 Å². The number of aromatic hydroxyl groups is 2. The van der Waals surface area contributed by atoms with Gasteiger partial charge >= 0.3 is 0 Å². The fourth-order valence-electron chi connectivity index (χ4n) is 2.61. The highest BCUT2D eigenvalue weighted by Crippen LogP contribution is 2.29. The molecule has 0 aliphatic carbocycles. The Balaban J connectivity index is 1.89. The molecule has 1 atom stereocenters. The van der Waals surface area contributed by atoms with Crippen LogP contribution in [0, 0.1) is 11.8 Å². The molecule has 0 saturated carbocycles. The number of hydrogen-bond acceptors (Lipinski definition) is 4. The number of hydrogen-bond donors (Lipinski definition) is 2. The Morgan fingerprint density at radius 2 is 2.14 bits per heavy atom. The Kier molecular flexibility index (Phi) is 4.99. The first-order chi connectivity index (χ1) is 9.95. The molecule has 0 saturated heterocycles. The average Bonchev–Trinajstić information content (AvgIpc) is 2.84. The van der Waals surface area contributed by atoms with Gasteiger partial charge in [-0.2, -0.15) is 0 Å². The number of phenolic OH excluding ortho intramolecular Hbond substituents is 2. The lowest BCUT2D eigenvalue weighted by molar-refractivity contribution is -0.120. The van der Waals surface area contributed by atoms with E-state index >= 15 is 0 Å². The van der Waals surface area contributed by atoms with E-state index in [2.05, 4.69) is 18.8 Å². The summed E-state index contributed by atoms with van der Waals surface area (Å²) in [5, 5.41) is 19.2. The van der Waals surface area contributed by atoms with Gasteiger partial charge in [-0.3, -0.25) is 9.79 Å². The Labute approximate surface area is 125 Å². The van der Waals surface area contributed by atoms with Gasteiger partial charge in [-0.15, -0.1) is 0 Å². The van der Waals surface area contributed by atoms with Gasteiger partial charge in [-0.1, -0.05) is 13.8 Å². The van der Waals surface area contributed by atoms with Crippen LogP contribution in [0.25, 0.3) is 0 Å². The van der Waals surface area contributed by atoms with Crippen LogP contribution in [-0.2, 0) is 4.79 Å². The summed E-state index contributed by atoms with van der Waals surface area (Å²) in [5.74, 6) is 1.18. The topological polar surface area (TPSA) is 69.9 Å². The van der Waals surface area contributed by atoms with E-state index in [1.54, 1.807) is 12.1 Å². The van der Waals surface area contributed by atoms with E-state index in [1.165, 1.54) is 6.07 Å². The molecule has 0 fully saturated rings. The van der Waals surface area contributed by atoms with Gasteiger partial charge in [0, 0.05) is 36.7 Å². The number of carbonyl (C=O) groups is 1. The van der Waals surface area contributed by atoms with Crippen molar-refractivity contribution in [1.29, 1.82) is 0 Å². The molecule has 114 valence electrons. The second-order valence-electron chi connectivity index (χ2n) is 6.23. The summed E-state index contributed by atoms with van der Waals surface area (Å²) in [4.78, 5) is 16.4. The molecule has 2 N–H and O–H groups in total. The van der Waals surface area contributed by atoms with Crippen molar-refractivity contribution in [2.45, 2.75) is 39.5 Å². The van der Waals surface area contributed by atoms with E-state index in [0.717, 1.165) is 12.1 Å². The Morgan fingerprint density at radius 3 is 2.81 bits per heavy atom. The molecule has 0 bridgehead atoms. The third kappa shape index (κ3) is 4.31. The van der Waals surface area contributed by atoms with Crippen molar-refractivity contribution >= 4 is 11.5 Å². The molecule has 0 aromatic heterocycles. The molecule has 0 amide bonds. The number of nitrogens with zero attached hydrogens (tertiary/aromatic N) is 1. The van der Waals surface area contributed by atoms with E-state index in [9.17, 15) is 15.0 Å². The summed E-state index contributed by atoms with van der Waals surface area (Å²) in [5.41, 5.74) is 1.49. The third-order valence-corrected chi connectivity index (χ3v) is 3.83. The number of benzene rings is 1. The Hall–Kier alpha value is -1.84. The zero-order valence-corrected chi connectivity index (χ0v) is 12.7. The highest BCUT2D eigenvalue weighted by atomic mass is 16.3. The first kappa shape index (κ1) is 15.5. The first-order valence-corrected chi connectivity index (χ1v) is 7.53. The minimum Gasteiger partial charge on any atom is -0.508 e. The molecule has 4 heteroatoms. The minimum absolute atomic E-state index is 0.0373. The van der Waals surface area contributed by atoms with Gasteiger partial charge in [0.15, 0.2) is 0 Å². The molecule has 1 unspecified atom stereocenters.